The van der Waals surface area contributed by atoms with E-state index < -0.39 is 0 Å². The third-order valence-corrected chi connectivity index (χ3v) is 4.93. The molecule has 0 atom stereocenters. The zero-order valence-corrected chi connectivity index (χ0v) is 15.3. The molecular formula is C20H22BrNO2. The molecule has 1 heterocycles. The van der Waals surface area contributed by atoms with Gasteiger partial charge in [-0.1, -0.05) is 30.3 Å². The lowest BCUT2D eigenvalue weighted by Gasteiger charge is -2.26. The summed E-state index contributed by atoms with van der Waals surface area (Å²) in [5.41, 5.74) is 1.98. The van der Waals surface area contributed by atoms with Crippen molar-refractivity contribution in [2.24, 2.45) is 0 Å². The highest BCUT2D eigenvalue weighted by molar-refractivity contribution is 9.10. The second-order valence-electron chi connectivity index (χ2n) is 6.08. The number of hydrogen-bond acceptors (Lipinski definition) is 2. The number of benzene rings is 2. The van der Waals surface area contributed by atoms with Crippen LogP contribution in [0.5, 0.6) is 5.75 Å². The number of ether oxygens (including phenoxy) is 1. The zero-order chi connectivity index (χ0) is 16.8. The van der Waals surface area contributed by atoms with Gasteiger partial charge in [-0.25, -0.2) is 0 Å². The fourth-order valence-corrected chi connectivity index (χ4v) is 3.45. The van der Waals surface area contributed by atoms with Gasteiger partial charge in [0.1, 0.15) is 5.75 Å². The van der Waals surface area contributed by atoms with Crippen LogP contribution in [0.3, 0.4) is 0 Å². The molecule has 3 nitrogen and oxygen atoms in total. The Kier molecular flexibility index (Phi) is 5.91. The largest absolute Gasteiger partial charge is 0.492 e. The molecule has 1 amide bonds. The highest BCUT2D eigenvalue weighted by Gasteiger charge is 2.19. The van der Waals surface area contributed by atoms with Gasteiger partial charge in [0.15, 0.2) is 0 Å². The Labute approximate surface area is 151 Å². The lowest BCUT2D eigenvalue weighted by molar-refractivity contribution is 0.0724. The first kappa shape index (κ1) is 17.0. The Balaban J connectivity index is 1.58. The molecule has 0 bridgehead atoms. The van der Waals surface area contributed by atoms with Crippen molar-refractivity contribution in [2.45, 2.75) is 25.7 Å². The summed E-state index contributed by atoms with van der Waals surface area (Å²) < 4.78 is 6.68. The number of likely N-dealkylation sites (tertiary alicyclic amines) is 1. The molecule has 0 unspecified atom stereocenters. The molecule has 0 aromatic heterocycles. The van der Waals surface area contributed by atoms with E-state index in [-0.39, 0.29) is 5.91 Å². The number of amides is 1. The molecule has 3 rings (SSSR count). The van der Waals surface area contributed by atoms with E-state index in [9.17, 15) is 4.79 Å². The summed E-state index contributed by atoms with van der Waals surface area (Å²) in [6, 6.07) is 15.9. The Bertz CT molecular complexity index is 681. The molecule has 4 heteroatoms. The number of carbonyl (C=O) groups is 1. The first-order valence-corrected chi connectivity index (χ1v) is 9.29. The second kappa shape index (κ2) is 8.34. The molecule has 1 aliphatic heterocycles. The SMILES string of the molecule is O=C(c1ccc(OCCc2ccccc2)c(Br)c1)N1CCCCC1. The quantitative estimate of drug-likeness (QED) is 0.743. The first-order valence-electron chi connectivity index (χ1n) is 8.49. The van der Waals surface area contributed by atoms with Crippen LogP contribution in [-0.2, 0) is 6.42 Å². The van der Waals surface area contributed by atoms with Gasteiger partial charge < -0.3 is 9.64 Å². The van der Waals surface area contributed by atoms with Crippen molar-refractivity contribution >= 4 is 21.8 Å². The van der Waals surface area contributed by atoms with Crippen LogP contribution < -0.4 is 4.74 Å². The molecule has 1 aliphatic rings. The van der Waals surface area contributed by atoms with Gasteiger partial charge in [0.05, 0.1) is 11.1 Å². The minimum absolute atomic E-state index is 0.117. The highest BCUT2D eigenvalue weighted by atomic mass is 79.9. The summed E-state index contributed by atoms with van der Waals surface area (Å²) in [6.07, 6.45) is 4.30. The molecule has 0 radical (unpaired) electrons. The van der Waals surface area contributed by atoms with Gasteiger partial charge in [0.2, 0.25) is 0 Å². The van der Waals surface area contributed by atoms with Crippen molar-refractivity contribution < 1.29 is 9.53 Å². The summed E-state index contributed by atoms with van der Waals surface area (Å²) in [4.78, 5) is 14.5. The van der Waals surface area contributed by atoms with Gasteiger partial charge in [-0.2, -0.15) is 0 Å². The van der Waals surface area contributed by atoms with Crippen molar-refractivity contribution in [1.82, 2.24) is 4.90 Å². The third-order valence-electron chi connectivity index (χ3n) is 4.31. The number of nitrogens with zero attached hydrogens (tertiary/aromatic N) is 1. The van der Waals surface area contributed by atoms with Gasteiger partial charge in [0.25, 0.3) is 5.91 Å². The highest BCUT2D eigenvalue weighted by Crippen LogP contribution is 2.27. The van der Waals surface area contributed by atoms with Crippen LogP contribution in [0.4, 0.5) is 0 Å². The van der Waals surface area contributed by atoms with E-state index in [4.69, 9.17) is 4.74 Å². The number of piperidine rings is 1. The Morgan fingerprint density at radius 1 is 1.04 bits per heavy atom. The minimum atomic E-state index is 0.117. The Morgan fingerprint density at radius 2 is 1.79 bits per heavy atom. The van der Waals surface area contributed by atoms with Crippen molar-refractivity contribution in [2.75, 3.05) is 19.7 Å². The van der Waals surface area contributed by atoms with E-state index in [0.29, 0.717) is 6.61 Å². The zero-order valence-electron chi connectivity index (χ0n) is 13.7. The van der Waals surface area contributed by atoms with E-state index in [1.54, 1.807) is 0 Å². The predicted molar refractivity (Wildman–Crippen MR) is 99.5 cm³/mol. The first-order chi connectivity index (χ1) is 11.7. The van der Waals surface area contributed by atoms with E-state index in [0.717, 1.165) is 48.1 Å². The van der Waals surface area contributed by atoms with Crippen LogP contribution in [0.15, 0.2) is 53.0 Å². The van der Waals surface area contributed by atoms with Crippen molar-refractivity contribution in [1.29, 1.82) is 0 Å². The topological polar surface area (TPSA) is 29.5 Å². The van der Waals surface area contributed by atoms with Gasteiger partial charge in [-0.3, -0.25) is 4.79 Å². The van der Waals surface area contributed by atoms with Gasteiger partial charge in [-0.15, -0.1) is 0 Å². The Morgan fingerprint density at radius 3 is 2.50 bits per heavy atom. The monoisotopic (exact) mass is 387 g/mol. The summed E-state index contributed by atoms with van der Waals surface area (Å²) in [7, 11) is 0. The number of hydrogen-bond donors (Lipinski definition) is 0. The maximum Gasteiger partial charge on any atom is 0.253 e. The Hall–Kier alpha value is -1.81. The summed E-state index contributed by atoms with van der Waals surface area (Å²) in [6.45, 7) is 2.35. The van der Waals surface area contributed by atoms with Crippen LogP contribution in [0.2, 0.25) is 0 Å². The van der Waals surface area contributed by atoms with Crippen molar-refractivity contribution in [3.05, 3.63) is 64.1 Å². The maximum atomic E-state index is 12.5. The number of carbonyl (C=O) groups excluding carboxylic acids is 1. The van der Waals surface area contributed by atoms with Crippen LogP contribution in [-0.4, -0.2) is 30.5 Å². The van der Waals surface area contributed by atoms with Gasteiger partial charge in [0, 0.05) is 25.1 Å². The van der Waals surface area contributed by atoms with Crippen LogP contribution >= 0.6 is 15.9 Å². The van der Waals surface area contributed by atoms with Gasteiger partial charge >= 0.3 is 0 Å². The molecule has 0 N–H and O–H groups in total. The molecule has 24 heavy (non-hydrogen) atoms. The lowest BCUT2D eigenvalue weighted by atomic mass is 10.1. The molecule has 2 aromatic rings. The molecule has 2 aromatic carbocycles. The predicted octanol–water partition coefficient (Wildman–Crippen LogP) is 4.70. The average Bonchev–Trinajstić information content (AvgIpc) is 2.64. The smallest absolute Gasteiger partial charge is 0.253 e. The van der Waals surface area contributed by atoms with Crippen LogP contribution in [0, 0.1) is 0 Å². The summed E-state index contributed by atoms with van der Waals surface area (Å²) in [5.74, 6) is 0.896. The second-order valence-corrected chi connectivity index (χ2v) is 6.94. The third kappa shape index (κ3) is 4.38. The van der Waals surface area contributed by atoms with E-state index in [1.807, 2.05) is 41.3 Å². The average molecular weight is 388 g/mol. The molecule has 1 saturated heterocycles. The molecule has 0 spiro atoms. The van der Waals surface area contributed by atoms with Crippen LogP contribution in [0.25, 0.3) is 0 Å². The fraction of sp³-hybridized carbons (Fsp3) is 0.350. The molecule has 0 aliphatic carbocycles. The lowest BCUT2D eigenvalue weighted by Crippen LogP contribution is -2.35. The fourth-order valence-electron chi connectivity index (χ4n) is 2.95. The van der Waals surface area contributed by atoms with Crippen molar-refractivity contribution in [3.8, 4) is 5.75 Å². The summed E-state index contributed by atoms with van der Waals surface area (Å²) >= 11 is 3.53. The van der Waals surface area contributed by atoms with E-state index in [1.165, 1.54) is 12.0 Å². The molecule has 1 fully saturated rings. The standard InChI is InChI=1S/C20H22BrNO2/c21-18-15-17(20(23)22-12-5-2-6-13-22)9-10-19(18)24-14-11-16-7-3-1-4-8-16/h1,3-4,7-10,15H,2,5-6,11-14H2. The van der Waals surface area contributed by atoms with E-state index >= 15 is 0 Å². The number of rotatable bonds is 5. The molecule has 0 saturated carbocycles. The van der Waals surface area contributed by atoms with Gasteiger partial charge in [-0.05, 0) is 59.0 Å². The molecule has 126 valence electrons. The maximum absolute atomic E-state index is 12.5. The van der Waals surface area contributed by atoms with E-state index in [2.05, 4.69) is 28.1 Å². The number of halogens is 1. The summed E-state index contributed by atoms with van der Waals surface area (Å²) in [5, 5.41) is 0. The minimum Gasteiger partial charge on any atom is -0.492 e. The van der Waals surface area contributed by atoms with Crippen molar-refractivity contribution in [3.63, 3.8) is 0 Å². The van der Waals surface area contributed by atoms with Crippen LogP contribution in [0.1, 0.15) is 35.2 Å². The molecular weight excluding hydrogens is 366 g/mol. The normalized spacial score (nSPS) is 14.5.